The average molecular weight is 362 g/mol. The molecule has 1 atom stereocenters. The highest BCUT2D eigenvalue weighted by Gasteiger charge is 2.40. The van der Waals surface area contributed by atoms with Crippen molar-refractivity contribution in [2.24, 2.45) is 5.73 Å². The first-order chi connectivity index (χ1) is 12.3. The summed E-state index contributed by atoms with van der Waals surface area (Å²) in [5, 5.41) is 32.6. The highest BCUT2D eigenvalue weighted by Crippen LogP contribution is 2.32. The van der Waals surface area contributed by atoms with Crippen molar-refractivity contribution in [1.29, 1.82) is 0 Å². The highest BCUT2D eigenvalue weighted by atomic mass is 16.5. The van der Waals surface area contributed by atoms with E-state index in [1.807, 2.05) is 0 Å². The van der Waals surface area contributed by atoms with E-state index in [0.29, 0.717) is 31.2 Å². The van der Waals surface area contributed by atoms with E-state index in [9.17, 15) is 24.8 Å². The monoisotopic (exact) mass is 362 g/mol. The van der Waals surface area contributed by atoms with Crippen molar-refractivity contribution < 1.29 is 29.5 Å². The minimum atomic E-state index is -1.36. The van der Waals surface area contributed by atoms with Gasteiger partial charge in [0, 0.05) is 6.04 Å². The number of aromatic carboxylic acids is 1. The van der Waals surface area contributed by atoms with E-state index in [2.05, 4.69) is 5.32 Å². The molecular formula is C17H23BN2O6. The molecule has 0 saturated heterocycles. The summed E-state index contributed by atoms with van der Waals surface area (Å²) in [6.45, 7) is 0. The molecule has 2 aliphatic rings. The SMILES string of the molecule is NC1CCC(O)(CC(=O)NC2Cc3cccc(C(=O)O)c3OB2O)CC1. The molecule has 1 saturated carbocycles. The number of fused-ring (bicyclic) bond motifs is 1. The van der Waals surface area contributed by atoms with Crippen LogP contribution in [0.25, 0.3) is 0 Å². The van der Waals surface area contributed by atoms with E-state index in [1.54, 1.807) is 12.1 Å². The summed E-state index contributed by atoms with van der Waals surface area (Å²) in [6.07, 6.45) is 2.46. The molecule has 140 valence electrons. The summed E-state index contributed by atoms with van der Waals surface area (Å²) in [4.78, 5) is 23.6. The van der Waals surface area contributed by atoms with E-state index < -0.39 is 24.6 Å². The van der Waals surface area contributed by atoms with E-state index in [0.717, 1.165) is 0 Å². The first kappa shape index (κ1) is 18.7. The summed E-state index contributed by atoms with van der Waals surface area (Å²) in [5.41, 5.74) is 5.33. The Hall–Kier alpha value is -2.10. The normalized spacial score (nSPS) is 28.0. The third kappa shape index (κ3) is 4.00. The molecule has 1 fully saturated rings. The standard InChI is InChI=1S/C17H23BN2O6/c19-11-4-6-17(24,7-5-11)9-14(21)20-13-8-10-2-1-3-12(16(22)23)15(10)26-18(13)25/h1-3,11,13,24-25H,4-9,19H2,(H,20,21)(H,22,23). The second-order valence-corrected chi connectivity index (χ2v) is 7.22. The van der Waals surface area contributed by atoms with Crippen LogP contribution in [0, 0.1) is 0 Å². The number of amides is 1. The lowest BCUT2D eigenvalue weighted by molar-refractivity contribution is -0.128. The van der Waals surface area contributed by atoms with Gasteiger partial charge in [0.05, 0.1) is 23.5 Å². The summed E-state index contributed by atoms with van der Waals surface area (Å²) in [7, 11) is -1.36. The first-order valence-corrected chi connectivity index (χ1v) is 8.75. The van der Waals surface area contributed by atoms with Crippen molar-refractivity contribution >= 4 is 19.0 Å². The molecule has 1 aromatic carbocycles. The number of para-hydroxylation sites is 1. The smallest absolute Gasteiger partial charge is 0.534 e. The molecule has 1 unspecified atom stereocenters. The molecule has 1 aliphatic heterocycles. The quantitative estimate of drug-likeness (QED) is 0.469. The van der Waals surface area contributed by atoms with E-state index in [1.165, 1.54) is 6.07 Å². The lowest BCUT2D eigenvalue weighted by Gasteiger charge is -2.35. The highest BCUT2D eigenvalue weighted by molar-refractivity contribution is 6.47. The van der Waals surface area contributed by atoms with Gasteiger partial charge in [0.25, 0.3) is 0 Å². The molecule has 1 amide bonds. The maximum absolute atomic E-state index is 12.3. The summed E-state index contributed by atoms with van der Waals surface area (Å²) >= 11 is 0. The maximum Gasteiger partial charge on any atom is 0.547 e. The Balaban J connectivity index is 1.65. The molecule has 8 nitrogen and oxygen atoms in total. The van der Waals surface area contributed by atoms with Crippen LogP contribution < -0.4 is 15.7 Å². The van der Waals surface area contributed by atoms with Crippen LogP contribution in [0.3, 0.4) is 0 Å². The van der Waals surface area contributed by atoms with Crippen molar-refractivity contribution in [1.82, 2.24) is 5.32 Å². The summed E-state index contributed by atoms with van der Waals surface area (Å²) in [6, 6.07) is 4.75. The molecule has 0 radical (unpaired) electrons. The predicted molar refractivity (Wildman–Crippen MR) is 93.6 cm³/mol. The van der Waals surface area contributed by atoms with Gasteiger partial charge in [-0.05, 0) is 43.7 Å². The van der Waals surface area contributed by atoms with E-state index in [-0.39, 0.29) is 36.1 Å². The van der Waals surface area contributed by atoms with E-state index >= 15 is 0 Å². The minimum absolute atomic E-state index is 0.0285. The Labute approximate surface area is 151 Å². The largest absolute Gasteiger partial charge is 0.547 e. The van der Waals surface area contributed by atoms with Crippen LogP contribution in [-0.4, -0.2) is 51.8 Å². The predicted octanol–water partition coefficient (Wildman–Crippen LogP) is -0.153. The molecular weight excluding hydrogens is 339 g/mol. The van der Waals surface area contributed by atoms with Crippen molar-refractivity contribution in [2.45, 2.75) is 56.1 Å². The molecule has 0 bridgehead atoms. The number of carboxylic acid groups (broad SMARTS) is 1. The molecule has 1 aromatic rings. The Morgan fingerprint density at radius 3 is 2.69 bits per heavy atom. The molecule has 0 spiro atoms. The minimum Gasteiger partial charge on any atom is -0.534 e. The van der Waals surface area contributed by atoms with Gasteiger partial charge in [-0.3, -0.25) is 4.79 Å². The second-order valence-electron chi connectivity index (χ2n) is 7.22. The zero-order valence-corrected chi connectivity index (χ0v) is 14.4. The molecule has 1 aliphatic carbocycles. The van der Waals surface area contributed by atoms with Gasteiger partial charge < -0.3 is 30.9 Å². The lowest BCUT2D eigenvalue weighted by Crippen LogP contribution is -2.54. The molecule has 6 N–H and O–H groups in total. The number of carboxylic acids is 1. The third-order valence-corrected chi connectivity index (χ3v) is 5.15. The van der Waals surface area contributed by atoms with E-state index in [4.69, 9.17) is 10.4 Å². The second kappa shape index (κ2) is 7.26. The number of carbonyl (C=O) groups excluding carboxylic acids is 1. The van der Waals surface area contributed by atoms with Crippen molar-refractivity contribution in [3.8, 4) is 5.75 Å². The van der Waals surface area contributed by atoms with Crippen LogP contribution in [0.1, 0.15) is 48.0 Å². The molecule has 9 heteroatoms. The zero-order chi connectivity index (χ0) is 18.9. The van der Waals surface area contributed by atoms with Gasteiger partial charge in [-0.15, -0.1) is 0 Å². The van der Waals surface area contributed by atoms with Gasteiger partial charge in [-0.25, -0.2) is 4.79 Å². The number of aliphatic hydroxyl groups is 1. The lowest BCUT2D eigenvalue weighted by atomic mass is 9.72. The van der Waals surface area contributed by atoms with Crippen LogP contribution in [0.2, 0.25) is 0 Å². The number of hydrogen-bond acceptors (Lipinski definition) is 6. The zero-order valence-electron chi connectivity index (χ0n) is 14.4. The number of hydrogen-bond donors (Lipinski definition) is 5. The first-order valence-electron chi connectivity index (χ1n) is 8.75. The fourth-order valence-electron chi connectivity index (χ4n) is 3.63. The van der Waals surface area contributed by atoms with Gasteiger partial charge in [0.15, 0.2) is 0 Å². The fourth-order valence-corrected chi connectivity index (χ4v) is 3.63. The molecule has 1 heterocycles. The van der Waals surface area contributed by atoms with Gasteiger partial charge >= 0.3 is 13.1 Å². The Bertz CT molecular complexity index is 704. The van der Waals surface area contributed by atoms with Gasteiger partial charge in [-0.2, -0.15) is 0 Å². The van der Waals surface area contributed by atoms with Crippen LogP contribution >= 0.6 is 0 Å². The van der Waals surface area contributed by atoms with Crippen LogP contribution in [0.4, 0.5) is 0 Å². The van der Waals surface area contributed by atoms with Crippen molar-refractivity contribution in [3.63, 3.8) is 0 Å². The Morgan fingerprint density at radius 1 is 1.35 bits per heavy atom. The van der Waals surface area contributed by atoms with Crippen molar-refractivity contribution in [2.75, 3.05) is 0 Å². The molecule has 0 aromatic heterocycles. The van der Waals surface area contributed by atoms with Gasteiger partial charge in [-0.1, -0.05) is 12.1 Å². The molecule has 3 rings (SSSR count). The maximum atomic E-state index is 12.3. The van der Waals surface area contributed by atoms with Crippen LogP contribution in [0.5, 0.6) is 5.75 Å². The summed E-state index contributed by atoms with van der Waals surface area (Å²) < 4.78 is 5.35. The average Bonchev–Trinajstić information content (AvgIpc) is 2.57. The van der Waals surface area contributed by atoms with Gasteiger partial charge in [0.1, 0.15) is 5.75 Å². The van der Waals surface area contributed by atoms with Crippen LogP contribution in [0.15, 0.2) is 18.2 Å². The Kier molecular flexibility index (Phi) is 5.22. The van der Waals surface area contributed by atoms with Crippen LogP contribution in [-0.2, 0) is 11.2 Å². The van der Waals surface area contributed by atoms with Crippen molar-refractivity contribution in [3.05, 3.63) is 29.3 Å². The number of rotatable bonds is 4. The third-order valence-electron chi connectivity index (χ3n) is 5.15. The number of carbonyl (C=O) groups is 2. The number of benzene rings is 1. The molecule has 26 heavy (non-hydrogen) atoms. The fraction of sp³-hybridized carbons (Fsp3) is 0.529. The Morgan fingerprint density at radius 2 is 2.04 bits per heavy atom. The summed E-state index contributed by atoms with van der Waals surface area (Å²) in [5.74, 6) is -2.12. The number of nitrogens with two attached hydrogens (primary N) is 1. The van der Waals surface area contributed by atoms with Gasteiger partial charge in [0.2, 0.25) is 5.91 Å². The topological polar surface area (TPSA) is 142 Å². The number of nitrogens with one attached hydrogen (secondary N) is 1.